The van der Waals surface area contributed by atoms with Gasteiger partial charge in [0.05, 0.1) is 12.5 Å². The number of rotatable bonds is 7. The normalized spacial score (nSPS) is 13.5. The highest BCUT2D eigenvalue weighted by atomic mass is 16.5. The van der Waals surface area contributed by atoms with E-state index in [1.165, 1.54) is 0 Å². The van der Waals surface area contributed by atoms with Crippen LogP contribution in [-0.4, -0.2) is 29.6 Å². The zero-order chi connectivity index (χ0) is 22.7. The van der Waals surface area contributed by atoms with Crippen LogP contribution in [0.3, 0.4) is 0 Å². The molecule has 164 valence electrons. The summed E-state index contributed by atoms with van der Waals surface area (Å²) in [6, 6.07) is 20.4. The predicted octanol–water partition coefficient (Wildman–Crippen LogP) is 3.21. The van der Waals surface area contributed by atoms with Crippen molar-refractivity contribution < 1.29 is 19.4 Å². The summed E-state index contributed by atoms with van der Waals surface area (Å²) in [6.07, 6.45) is 0.273. The molecule has 0 aliphatic carbocycles. The minimum absolute atomic E-state index is 0.365. The van der Waals surface area contributed by atoms with Gasteiger partial charge in [0, 0.05) is 23.5 Å². The topological polar surface area (TPSA) is 119 Å². The number of ether oxygens (including phenoxy) is 1. The van der Waals surface area contributed by atoms with Gasteiger partial charge in [0.25, 0.3) is 0 Å². The molecule has 1 atom stereocenters. The molecule has 0 saturated carbocycles. The van der Waals surface area contributed by atoms with Crippen LogP contribution in [-0.2, 0) is 22.6 Å². The smallest absolute Gasteiger partial charge is 0.305 e. The van der Waals surface area contributed by atoms with Gasteiger partial charge in [0.1, 0.15) is 12.4 Å². The van der Waals surface area contributed by atoms with Crippen molar-refractivity contribution in [3.05, 3.63) is 77.9 Å². The molecule has 4 rings (SSSR count). The summed E-state index contributed by atoms with van der Waals surface area (Å²) < 4.78 is 5.95. The van der Waals surface area contributed by atoms with E-state index in [2.05, 4.69) is 0 Å². The van der Waals surface area contributed by atoms with E-state index in [1.54, 1.807) is 11.0 Å². The van der Waals surface area contributed by atoms with Gasteiger partial charge < -0.3 is 26.2 Å². The molecular weight excluding hydrogens is 406 g/mol. The third kappa shape index (κ3) is 4.58. The third-order valence-electron chi connectivity index (χ3n) is 5.53. The first-order valence-corrected chi connectivity index (χ1v) is 10.4. The molecule has 1 aliphatic rings. The van der Waals surface area contributed by atoms with Gasteiger partial charge in [-0.2, -0.15) is 0 Å². The zero-order valence-corrected chi connectivity index (χ0v) is 17.5. The Labute approximate surface area is 186 Å². The Bertz CT molecular complexity index is 1150. The van der Waals surface area contributed by atoms with E-state index in [9.17, 15) is 9.59 Å². The van der Waals surface area contributed by atoms with Crippen LogP contribution in [0.5, 0.6) is 5.75 Å². The van der Waals surface area contributed by atoms with E-state index >= 15 is 0 Å². The van der Waals surface area contributed by atoms with Crippen LogP contribution in [0.2, 0.25) is 0 Å². The molecule has 0 unspecified atom stereocenters. The predicted molar refractivity (Wildman–Crippen MR) is 123 cm³/mol. The summed E-state index contributed by atoms with van der Waals surface area (Å²) in [6.45, 7) is 0.840. The highest BCUT2D eigenvalue weighted by molar-refractivity contribution is 6.00. The number of nitrogen functional groups attached to an aromatic ring is 1. The Kier molecular flexibility index (Phi) is 6.09. The number of carbonyl (C=O) groups excluding carboxylic acids is 1. The molecule has 32 heavy (non-hydrogen) atoms. The van der Waals surface area contributed by atoms with Crippen molar-refractivity contribution in [3.63, 3.8) is 0 Å². The standard InChI is InChI=1S/C25H25N3O4/c26-21-12-16(6-8-20(21)17-4-2-1-3-5-17)15-32-19-7-9-23-18(13-19)10-11-28(23)25(31)22(27)14-24(29)30/h1-9,12-13,22H,10-11,14-15,26-27H2,(H,29,30)/t22-/m1/s1. The molecule has 5 N–H and O–H groups in total. The largest absolute Gasteiger partial charge is 0.489 e. The first-order chi connectivity index (χ1) is 15.4. The second-order valence-electron chi connectivity index (χ2n) is 7.81. The molecule has 7 nitrogen and oxygen atoms in total. The van der Waals surface area contributed by atoms with Gasteiger partial charge in [-0.25, -0.2) is 0 Å². The van der Waals surface area contributed by atoms with Crippen LogP contribution in [0.1, 0.15) is 17.5 Å². The lowest BCUT2D eigenvalue weighted by atomic mass is 10.0. The lowest BCUT2D eigenvalue weighted by Crippen LogP contribution is -2.44. The Morgan fingerprint density at radius 2 is 1.84 bits per heavy atom. The molecule has 0 aromatic heterocycles. The molecule has 7 heteroatoms. The zero-order valence-electron chi connectivity index (χ0n) is 17.5. The Balaban J connectivity index is 1.42. The van der Waals surface area contributed by atoms with Gasteiger partial charge in [-0.15, -0.1) is 0 Å². The van der Waals surface area contributed by atoms with Gasteiger partial charge in [0.15, 0.2) is 0 Å². The van der Waals surface area contributed by atoms with Crippen molar-refractivity contribution in [2.75, 3.05) is 17.2 Å². The quantitative estimate of drug-likeness (QED) is 0.494. The number of benzene rings is 3. The summed E-state index contributed by atoms with van der Waals surface area (Å²) in [5, 5.41) is 8.88. The number of aliphatic carboxylic acids is 1. The minimum atomic E-state index is -1.09. The van der Waals surface area contributed by atoms with E-state index in [4.69, 9.17) is 21.3 Å². The highest BCUT2D eigenvalue weighted by Crippen LogP contribution is 2.32. The Morgan fingerprint density at radius 3 is 2.56 bits per heavy atom. The number of anilines is 2. The van der Waals surface area contributed by atoms with Crippen molar-refractivity contribution in [2.45, 2.75) is 25.5 Å². The number of carboxylic acids is 1. The highest BCUT2D eigenvalue weighted by Gasteiger charge is 2.29. The molecule has 0 fully saturated rings. The van der Waals surface area contributed by atoms with Crippen molar-refractivity contribution >= 4 is 23.3 Å². The third-order valence-corrected chi connectivity index (χ3v) is 5.53. The number of hydrogen-bond acceptors (Lipinski definition) is 5. The second kappa shape index (κ2) is 9.11. The molecule has 0 saturated heterocycles. The number of carbonyl (C=O) groups is 2. The minimum Gasteiger partial charge on any atom is -0.489 e. The summed E-state index contributed by atoms with van der Waals surface area (Å²) >= 11 is 0. The fraction of sp³-hybridized carbons (Fsp3) is 0.200. The molecule has 1 amide bonds. The molecule has 1 heterocycles. The van der Waals surface area contributed by atoms with Gasteiger partial charge in [-0.1, -0.05) is 42.5 Å². The van der Waals surface area contributed by atoms with Crippen molar-refractivity contribution in [1.82, 2.24) is 0 Å². The molecular formula is C25H25N3O4. The van der Waals surface area contributed by atoms with Gasteiger partial charge >= 0.3 is 5.97 Å². The molecule has 3 aromatic carbocycles. The molecule has 3 aromatic rings. The average molecular weight is 431 g/mol. The van der Waals surface area contributed by atoms with E-state index in [1.807, 2.05) is 60.7 Å². The fourth-order valence-corrected chi connectivity index (χ4v) is 3.92. The maximum absolute atomic E-state index is 12.5. The number of fused-ring (bicyclic) bond motifs is 1. The first kappa shape index (κ1) is 21.4. The monoisotopic (exact) mass is 431 g/mol. The summed E-state index contributed by atoms with van der Waals surface area (Å²) in [4.78, 5) is 24.9. The number of hydrogen-bond donors (Lipinski definition) is 3. The van der Waals surface area contributed by atoms with Crippen molar-refractivity contribution in [3.8, 4) is 16.9 Å². The van der Waals surface area contributed by atoms with Crippen LogP contribution in [0.25, 0.3) is 11.1 Å². The Morgan fingerprint density at radius 1 is 1.06 bits per heavy atom. The number of nitrogens with two attached hydrogens (primary N) is 2. The Hall–Kier alpha value is -3.84. The van der Waals surface area contributed by atoms with Crippen molar-refractivity contribution in [1.29, 1.82) is 0 Å². The van der Waals surface area contributed by atoms with E-state index in [0.717, 1.165) is 27.9 Å². The van der Waals surface area contributed by atoms with Crippen LogP contribution in [0.4, 0.5) is 11.4 Å². The second-order valence-corrected chi connectivity index (χ2v) is 7.81. The number of nitrogens with zero attached hydrogens (tertiary/aromatic N) is 1. The molecule has 0 bridgehead atoms. The van der Waals surface area contributed by atoms with Gasteiger partial charge in [-0.05, 0) is 47.4 Å². The van der Waals surface area contributed by atoms with Crippen LogP contribution in [0.15, 0.2) is 66.7 Å². The van der Waals surface area contributed by atoms with E-state index in [0.29, 0.717) is 31.0 Å². The number of carboxylic acid groups (broad SMARTS) is 1. The van der Waals surface area contributed by atoms with Gasteiger partial charge in [-0.3, -0.25) is 9.59 Å². The maximum Gasteiger partial charge on any atom is 0.305 e. The summed E-state index contributed by atoms with van der Waals surface area (Å²) in [5.41, 5.74) is 17.4. The number of amides is 1. The van der Waals surface area contributed by atoms with Crippen LogP contribution < -0.4 is 21.1 Å². The van der Waals surface area contributed by atoms with Crippen molar-refractivity contribution in [2.24, 2.45) is 5.73 Å². The van der Waals surface area contributed by atoms with Crippen LogP contribution in [0, 0.1) is 0 Å². The SMILES string of the molecule is Nc1cc(COc2ccc3c(c2)CCN3C(=O)[C@H](N)CC(=O)O)ccc1-c1ccccc1. The van der Waals surface area contributed by atoms with E-state index < -0.39 is 18.4 Å². The van der Waals surface area contributed by atoms with Gasteiger partial charge in [0.2, 0.25) is 5.91 Å². The lowest BCUT2D eigenvalue weighted by Gasteiger charge is -2.21. The summed E-state index contributed by atoms with van der Waals surface area (Å²) in [5.74, 6) is -0.779. The lowest BCUT2D eigenvalue weighted by molar-refractivity contribution is -0.139. The fourth-order valence-electron chi connectivity index (χ4n) is 3.92. The van der Waals surface area contributed by atoms with Crippen LogP contribution >= 0.6 is 0 Å². The van der Waals surface area contributed by atoms with E-state index in [-0.39, 0.29) is 5.91 Å². The summed E-state index contributed by atoms with van der Waals surface area (Å²) in [7, 11) is 0. The molecule has 0 spiro atoms. The average Bonchev–Trinajstić information content (AvgIpc) is 3.20. The first-order valence-electron chi connectivity index (χ1n) is 10.4. The molecule has 0 radical (unpaired) electrons. The molecule has 1 aliphatic heterocycles. The maximum atomic E-state index is 12.5.